The molecule has 17 heavy (non-hydrogen) atoms. The van der Waals surface area contributed by atoms with Gasteiger partial charge in [0.1, 0.15) is 0 Å². The molecule has 0 atom stereocenters. The predicted octanol–water partition coefficient (Wildman–Crippen LogP) is 3.65. The molecule has 0 aromatic heterocycles. The number of nitrogens with zero attached hydrogens (tertiary/aromatic N) is 1. The van der Waals surface area contributed by atoms with Crippen molar-refractivity contribution < 1.29 is 4.79 Å². The summed E-state index contributed by atoms with van der Waals surface area (Å²) in [4.78, 5) is 13.6. The van der Waals surface area contributed by atoms with Crippen molar-refractivity contribution in [2.75, 3.05) is 11.4 Å². The summed E-state index contributed by atoms with van der Waals surface area (Å²) in [5, 5.41) is 0. The van der Waals surface area contributed by atoms with Gasteiger partial charge >= 0.3 is 0 Å². The smallest absolute Gasteiger partial charge is 0.226 e. The molecule has 94 valence electrons. The van der Waals surface area contributed by atoms with Gasteiger partial charge in [-0.1, -0.05) is 32.9 Å². The summed E-state index contributed by atoms with van der Waals surface area (Å²) in [5.74, 6) is 0.851. The van der Waals surface area contributed by atoms with Crippen molar-refractivity contribution in [2.24, 2.45) is 5.92 Å². The van der Waals surface area contributed by atoms with Crippen LogP contribution in [0.5, 0.6) is 0 Å². The Balaban J connectivity index is 2.81. The highest BCUT2D eigenvalue weighted by atomic mass is 16.2. The van der Waals surface area contributed by atoms with Gasteiger partial charge in [0.15, 0.2) is 0 Å². The van der Waals surface area contributed by atoms with Crippen LogP contribution in [0.1, 0.15) is 39.7 Å². The van der Waals surface area contributed by atoms with E-state index in [1.165, 1.54) is 5.56 Å². The minimum absolute atomic E-state index is 0.184. The van der Waals surface area contributed by atoms with Crippen molar-refractivity contribution in [3.63, 3.8) is 0 Å². The third kappa shape index (κ3) is 3.88. The van der Waals surface area contributed by atoms with Crippen LogP contribution in [0.2, 0.25) is 0 Å². The maximum Gasteiger partial charge on any atom is 0.226 e. The summed E-state index contributed by atoms with van der Waals surface area (Å²) >= 11 is 0. The molecule has 2 nitrogen and oxygen atoms in total. The van der Waals surface area contributed by atoms with E-state index in [0.29, 0.717) is 12.3 Å². The highest BCUT2D eigenvalue weighted by molar-refractivity contribution is 5.93. The molecule has 0 spiro atoms. The Bertz CT molecular complexity index is 354. The maximum atomic E-state index is 11.7. The first-order chi connectivity index (χ1) is 8.08. The van der Waals surface area contributed by atoms with Gasteiger partial charge in [0.2, 0.25) is 5.91 Å². The maximum absolute atomic E-state index is 11.7. The van der Waals surface area contributed by atoms with Crippen LogP contribution in [-0.2, 0) is 11.2 Å². The molecule has 0 aliphatic carbocycles. The molecule has 1 aromatic rings. The summed E-state index contributed by atoms with van der Waals surface area (Å²) in [6.45, 7) is 9.07. The first-order valence-electron chi connectivity index (χ1n) is 6.47. The van der Waals surface area contributed by atoms with E-state index in [2.05, 4.69) is 38.1 Å². The van der Waals surface area contributed by atoms with Crippen molar-refractivity contribution in [1.82, 2.24) is 0 Å². The third-order valence-electron chi connectivity index (χ3n) is 2.81. The van der Waals surface area contributed by atoms with Gasteiger partial charge in [0.25, 0.3) is 0 Å². The molecule has 0 N–H and O–H groups in total. The molecule has 0 saturated heterocycles. The van der Waals surface area contributed by atoms with Crippen LogP contribution in [0.15, 0.2) is 24.3 Å². The first kappa shape index (κ1) is 13.8. The minimum Gasteiger partial charge on any atom is -0.313 e. The highest BCUT2D eigenvalue weighted by Gasteiger charge is 2.11. The lowest BCUT2D eigenvalue weighted by atomic mass is 10.0. The van der Waals surface area contributed by atoms with Crippen molar-refractivity contribution >= 4 is 11.6 Å². The molecule has 1 rings (SSSR count). The number of anilines is 1. The van der Waals surface area contributed by atoms with Gasteiger partial charge < -0.3 is 4.90 Å². The fourth-order valence-corrected chi connectivity index (χ4v) is 1.98. The zero-order valence-corrected chi connectivity index (χ0v) is 11.4. The highest BCUT2D eigenvalue weighted by Crippen LogP contribution is 2.17. The molecular formula is C15H23NO. The van der Waals surface area contributed by atoms with E-state index in [4.69, 9.17) is 0 Å². The molecule has 0 saturated carbocycles. The summed E-state index contributed by atoms with van der Waals surface area (Å²) in [6, 6.07) is 8.35. The molecule has 2 heteroatoms. The molecule has 0 fully saturated rings. The molecule has 0 unspecified atom stereocenters. The molecule has 0 aliphatic rings. The molecule has 1 amide bonds. The molecule has 0 radical (unpaired) electrons. The average Bonchev–Trinajstić information content (AvgIpc) is 2.31. The second-order valence-electron chi connectivity index (χ2n) is 4.76. The lowest BCUT2D eigenvalue weighted by Gasteiger charge is -2.20. The molecule has 0 bridgehead atoms. The average molecular weight is 233 g/mol. The van der Waals surface area contributed by atoms with E-state index in [-0.39, 0.29) is 5.91 Å². The predicted molar refractivity (Wildman–Crippen MR) is 73.3 cm³/mol. The van der Waals surface area contributed by atoms with Crippen molar-refractivity contribution in [3.05, 3.63) is 29.8 Å². The van der Waals surface area contributed by atoms with Crippen LogP contribution in [0.25, 0.3) is 0 Å². The lowest BCUT2D eigenvalue weighted by molar-refractivity contribution is -0.118. The largest absolute Gasteiger partial charge is 0.313 e. The number of rotatable bonds is 5. The SMILES string of the molecule is CCC(=O)N(CC)c1ccc(CC(C)C)cc1. The van der Waals surface area contributed by atoms with Crippen LogP contribution in [0.3, 0.4) is 0 Å². The zero-order valence-electron chi connectivity index (χ0n) is 11.4. The summed E-state index contributed by atoms with van der Waals surface area (Å²) in [5.41, 5.74) is 2.34. The van der Waals surface area contributed by atoms with Gasteiger partial charge in [0.05, 0.1) is 0 Å². The van der Waals surface area contributed by atoms with Crippen LogP contribution >= 0.6 is 0 Å². The molecular weight excluding hydrogens is 210 g/mol. The van der Waals surface area contributed by atoms with Gasteiger partial charge in [-0.2, -0.15) is 0 Å². The summed E-state index contributed by atoms with van der Waals surface area (Å²) < 4.78 is 0. The second-order valence-corrected chi connectivity index (χ2v) is 4.76. The Labute approximate surface area is 105 Å². The quantitative estimate of drug-likeness (QED) is 0.760. The fraction of sp³-hybridized carbons (Fsp3) is 0.533. The van der Waals surface area contributed by atoms with E-state index in [1.807, 2.05) is 18.7 Å². The van der Waals surface area contributed by atoms with Crippen LogP contribution in [0.4, 0.5) is 5.69 Å². The Hall–Kier alpha value is -1.31. The van der Waals surface area contributed by atoms with Gasteiger partial charge in [-0.05, 0) is 37.0 Å². The van der Waals surface area contributed by atoms with E-state index in [9.17, 15) is 4.79 Å². The van der Waals surface area contributed by atoms with Crippen LogP contribution in [0, 0.1) is 5.92 Å². The first-order valence-corrected chi connectivity index (χ1v) is 6.47. The van der Waals surface area contributed by atoms with Crippen molar-refractivity contribution in [3.8, 4) is 0 Å². The van der Waals surface area contributed by atoms with Crippen LogP contribution < -0.4 is 4.90 Å². The van der Waals surface area contributed by atoms with E-state index >= 15 is 0 Å². The summed E-state index contributed by atoms with van der Waals surface area (Å²) in [6.07, 6.45) is 1.65. The molecule has 0 heterocycles. The zero-order chi connectivity index (χ0) is 12.8. The second kappa shape index (κ2) is 6.43. The number of hydrogen-bond donors (Lipinski definition) is 0. The van der Waals surface area contributed by atoms with Crippen LogP contribution in [-0.4, -0.2) is 12.5 Å². The van der Waals surface area contributed by atoms with E-state index in [1.54, 1.807) is 0 Å². The Morgan fingerprint density at radius 2 is 1.76 bits per heavy atom. The minimum atomic E-state index is 0.184. The van der Waals surface area contributed by atoms with Gasteiger partial charge in [-0.15, -0.1) is 0 Å². The standard InChI is InChI=1S/C15H23NO/c1-5-15(17)16(6-2)14-9-7-13(8-10-14)11-12(3)4/h7-10,12H,5-6,11H2,1-4H3. The van der Waals surface area contributed by atoms with Gasteiger partial charge in [-0.25, -0.2) is 0 Å². The Morgan fingerprint density at radius 1 is 1.18 bits per heavy atom. The van der Waals surface area contributed by atoms with Crippen molar-refractivity contribution in [2.45, 2.75) is 40.5 Å². The third-order valence-corrected chi connectivity index (χ3v) is 2.81. The Kier molecular flexibility index (Phi) is 5.20. The monoisotopic (exact) mass is 233 g/mol. The van der Waals surface area contributed by atoms with Gasteiger partial charge in [0, 0.05) is 18.7 Å². The number of benzene rings is 1. The normalized spacial score (nSPS) is 10.6. The summed E-state index contributed by atoms with van der Waals surface area (Å²) in [7, 11) is 0. The molecule has 1 aromatic carbocycles. The number of amides is 1. The van der Waals surface area contributed by atoms with Gasteiger partial charge in [-0.3, -0.25) is 4.79 Å². The van der Waals surface area contributed by atoms with Crippen molar-refractivity contribution in [1.29, 1.82) is 0 Å². The lowest BCUT2D eigenvalue weighted by Crippen LogP contribution is -2.29. The van der Waals surface area contributed by atoms with E-state index < -0.39 is 0 Å². The number of carbonyl (C=O) groups excluding carboxylic acids is 1. The topological polar surface area (TPSA) is 20.3 Å². The fourth-order valence-electron chi connectivity index (χ4n) is 1.98. The number of carbonyl (C=O) groups is 1. The molecule has 0 aliphatic heterocycles. The number of hydrogen-bond acceptors (Lipinski definition) is 1. The van der Waals surface area contributed by atoms with E-state index in [0.717, 1.165) is 18.7 Å². The Morgan fingerprint density at radius 3 is 2.18 bits per heavy atom.